The summed E-state index contributed by atoms with van der Waals surface area (Å²) in [5.41, 5.74) is 1.91. The third-order valence-corrected chi connectivity index (χ3v) is 4.67. The summed E-state index contributed by atoms with van der Waals surface area (Å²) in [5.74, 6) is 0.862. The van der Waals surface area contributed by atoms with E-state index in [1.165, 1.54) is 0 Å². The molecule has 2 heterocycles. The van der Waals surface area contributed by atoms with E-state index in [0.29, 0.717) is 48.2 Å². The van der Waals surface area contributed by atoms with Gasteiger partial charge in [-0.15, -0.1) is 0 Å². The number of rotatable bonds is 6. The molecule has 1 atom stereocenters. The fraction of sp³-hybridized carbons (Fsp3) is 0.500. The number of carbonyl (C=O) groups is 2. The zero-order valence-corrected chi connectivity index (χ0v) is 17.5. The Morgan fingerprint density at radius 2 is 2.00 bits per heavy atom. The molecule has 0 spiro atoms. The lowest BCUT2D eigenvalue weighted by Gasteiger charge is -2.16. The molecule has 1 aliphatic rings. The third-order valence-electron chi connectivity index (χ3n) is 4.67. The Morgan fingerprint density at radius 3 is 2.69 bits per heavy atom. The standard InChI is InChI=1S/C22H29N3O4/c1-14-17(13-23-19(26)12-22(2,3)4)25-21(29-14)15-8-5-6-9-16(15)24-20(27)18-10-7-11-28-18/h5-6,8-9,18H,7,10-13H2,1-4H3,(H,23,26)(H,24,27)/t18-/m0/s1. The number of para-hydroxylation sites is 1. The van der Waals surface area contributed by atoms with Gasteiger partial charge in [0, 0.05) is 13.0 Å². The molecular weight excluding hydrogens is 370 g/mol. The van der Waals surface area contributed by atoms with Crippen molar-refractivity contribution in [1.82, 2.24) is 10.3 Å². The van der Waals surface area contributed by atoms with Crippen molar-refractivity contribution >= 4 is 17.5 Å². The Labute approximate surface area is 171 Å². The van der Waals surface area contributed by atoms with E-state index in [1.807, 2.05) is 52.0 Å². The summed E-state index contributed by atoms with van der Waals surface area (Å²) in [7, 11) is 0. The normalized spacial score (nSPS) is 16.6. The third kappa shape index (κ3) is 5.67. The number of carbonyl (C=O) groups excluding carboxylic acids is 2. The minimum Gasteiger partial charge on any atom is -0.441 e. The molecule has 1 saturated heterocycles. The average Bonchev–Trinajstić information content (AvgIpc) is 3.29. The highest BCUT2D eigenvalue weighted by atomic mass is 16.5. The first kappa shape index (κ1) is 21.0. The zero-order valence-electron chi connectivity index (χ0n) is 17.5. The van der Waals surface area contributed by atoms with Gasteiger partial charge in [-0.2, -0.15) is 0 Å². The fourth-order valence-corrected chi connectivity index (χ4v) is 3.21. The fourth-order valence-electron chi connectivity index (χ4n) is 3.21. The molecule has 7 nitrogen and oxygen atoms in total. The lowest BCUT2D eigenvalue weighted by atomic mass is 9.92. The summed E-state index contributed by atoms with van der Waals surface area (Å²) in [6.07, 6.45) is 1.64. The molecule has 0 bridgehead atoms. The summed E-state index contributed by atoms with van der Waals surface area (Å²) >= 11 is 0. The Morgan fingerprint density at radius 1 is 1.24 bits per heavy atom. The first-order chi connectivity index (χ1) is 13.7. The predicted octanol–water partition coefficient (Wildman–Crippen LogP) is 3.82. The number of benzene rings is 1. The number of oxazole rings is 1. The van der Waals surface area contributed by atoms with E-state index >= 15 is 0 Å². The van der Waals surface area contributed by atoms with Crippen LogP contribution in [0.15, 0.2) is 28.7 Å². The van der Waals surface area contributed by atoms with Crippen LogP contribution >= 0.6 is 0 Å². The molecule has 29 heavy (non-hydrogen) atoms. The number of anilines is 1. The molecule has 2 N–H and O–H groups in total. The lowest BCUT2D eigenvalue weighted by molar-refractivity contribution is -0.125. The average molecular weight is 399 g/mol. The lowest BCUT2D eigenvalue weighted by Crippen LogP contribution is -2.27. The van der Waals surface area contributed by atoms with Crippen molar-refractivity contribution in [2.75, 3.05) is 11.9 Å². The topological polar surface area (TPSA) is 93.5 Å². The van der Waals surface area contributed by atoms with Crippen molar-refractivity contribution in [2.24, 2.45) is 5.41 Å². The summed E-state index contributed by atoms with van der Waals surface area (Å²) in [4.78, 5) is 29.1. The quantitative estimate of drug-likeness (QED) is 0.770. The van der Waals surface area contributed by atoms with Gasteiger partial charge in [0.2, 0.25) is 11.8 Å². The second-order valence-corrected chi connectivity index (χ2v) is 8.57. The van der Waals surface area contributed by atoms with Gasteiger partial charge in [0.05, 0.1) is 17.8 Å². The highest BCUT2D eigenvalue weighted by Gasteiger charge is 2.25. The molecule has 0 unspecified atom stereocenters. The summed E-state index contributed by atoms with van der Waals surface area (Å²) < 4.78 is 11.3. The SMILES string of the molecule is Cc1oc(-c2ccccc2NC(=O)[C@@H]2CCCO2)nc1CNC(=O)CC(C)(C)C. The van der Waals surface area contributed by atoms with Crippen LogP contribution < -0.4 is 10.6 Å². The summed E-state index contributed by atoms with van der Waals surface area (Å²) in [6, 6.07) is 7.37. The first-order valence-corrected chi connectivity index (χ1v) is 9.98. The van der Waals surface area contributed by atoms with Crippen molar-refractivity contribution in [3.63, 3.8) is 0 Å². The van der Waals surface area contributed by atoms with Crippen LogP contribution in [0, 0.1) is 12.3 Å². The predicted molar refractivity (Wildman–Crippen MR) is 110 cm³/mol. The number of hydrogen-bond donors (Lipinski definition) is 2. The van der Waals surface area contributed by atoms with E-state index in [0.717, 1.165) is 12.8 Å². The minimum absolute atomic E-state index is 0.0225. The highest BCUT2D eigenvalue weighted by Crippen LogP contribution is 2.29. The van der Waals surface area contributed by atoms with Crippen molar-refractivity contribution in [3.8, 4) is 11.5 Å². The zero-order chi connectivity index (χ0) is 21.0. The van der Waals surface area contributed by atoms with Crippen molar-refractivity contribution in [3.05, 3.63) is 35.7 Å². The van der Waals surface area contributed by atoms with Gasteiger partial charge < -0.3 is 19.8 Å². The minimum atomic E-state index is -0.414. The van der Waals surface area contributed by atoms with Gasteiger partial charge >= 0.3 is 0 Å². The van der Waals surface area contributed by atoms with Crippen LogP contribution in [-0.4, -0.2) is 29.5 Å². The maximum absolute atomic E-state index is 12.4. The molecule has 1 aromatic heterocycles. The summed E-state index contributed by atoms with van der Waals surface area (Å²) in [6.45, 7) is 8.79. The van der Waals surface area contributed by atoms with E-state index < -0.39 is 6.10 Å². The van der Waals surface area contributed by atoms with E-state index in [-0.39, 0.29) is 17.2 Å². The van der Waals surface area contributed by atoms with Crippen LogP contribution in [0.25, 0.3) is 11.5 Å². The van der Waals surface area contributed by atoms with Crippen molar-refractivity contribution < 1.29 is 18.7 Å². The van der Waals surface area contributed by atoms with Gasteiger partial charge in [0.15, 0.2) is 0 Å². The molecule has 3 rings (SSSR count). The van der Waals surface area contributed by atoms with Gasteiger partial charge in [-0.25, -0.2) is 4.98 Å². The Hall–Kier alpha value is -2.67. The molecule has 7 heteroatoms. The van der Waals surface area contributed by atoms with E-state index in [9.17, 15) is 9.59 Å². The van der Waals surface area contributed by atoms with Crippen LogP contribution in [0.1, 0.15) is 51.5 Å². The van der Waals surface area contributed by atoms with Crippen LogP contribution in [0.2, 0.25) is 0 Å². The smallest absolute Gasteiger partial charge is 0.253 e. The highest BCUT2D eigenvalue weighted by molar-refractivity contribution is 5.97. The summed E-state index contributed by atoms with van der Waals surface area (Å²) in [5, 5.41) is 5.82. The van der Waals surface area contributed by atoms with E-state index in [1.54, 1.807) is 0 Å². The number of nitrogens with one attached hydrogen (secondary N) is 2. The van der Waals surface area contributed by atoms with Gasteiger partial charge in [-0.05, 0) is 37.3 Å². The maximum atomic E-state index is 12.4. The number of nitrogens with zero attached hydrogens (tertiary/aromatic N) is 1. The molecular formula is C22H29N3O4. The van der Waals surface area contributed by atoms with Crippen molar-refractivity contribution in [1.29, 1.82) is 0 Å². The molecule has 0 radical (unpaired) electrons. The van der Waals surface area contributed by atoms with Crippen LogP contribution in [0.3, 0.4) is 0 Å². The molecule has 2 amide bonds. The molecule has 1 aromatic carbocycles. The molecule has 2 aromatic rings. The molecule has 1 fully saturated rings. The van der Waals surface area contributed by atoms with Gasteiger partial charge in [-0.1, -0.05) is 32.9 Å². The van der Waals surface area contributed by atoms with E-state index in [2.05, 4.69) is 15.6 Å². The van der Waals surface area contributed by atoms with Crippen LogP contribution in [0.5, 0.6) is 0 Å². The van der Waals surface area contributed by atoms with E-state index in [4.69, 9.17) is 9.15 Å². The van der Waals surface area contributed by atoms with Gasteiger partial charge in [0.25, 0.3) is 5.91 Å². The maximum Gasteiger partial charge on any atom is 0.253 e. The first-order valence-electron chi connectivity index (χ1n) is 9.98. The second-order valence-electron chi connectivity index (χ2n) is 8.57. The number of hydrogen-bond acceptors (Lipinski definition) is 5. The Bertz CT molecular complexity index is 876. The van der Waals surface area contributed by atoms with Crippen LogP contribution in [-0.2, 0) is 20.9 Å². The van der Waals surface area contributed by atoms with Crippen molar-refractivity contribution in [2.45, 2.75) is 59.6 Å². The molecule has 156 valence electrons. The largest absolute Gasteiger partial charge is 0.441 e. The Kier molecular flexibility index (Phi) is 6.37. The number of amides is 2. The van der Waals surface area contributed by atoms with Crippen LogP contribution in [0.4, 0.5) is 5.69 Å². The second kappa shape index (κ2) is 8.78. The van der Waals surface area contributed by atoms with Gasteiger partial charge in [0.1, 0.15) is 17.6 Å². The monoisotopic (exact) mass is 399 g/mol. The number of ether oxygens (including phenoxy) is 1. The number of aromatic nitrogens is 1. The Balaban J connectivity index is 1.72. The molecule has 0 saturated carbocycles. The van der Waals surface area contributed by atoms with Gasteiger partial charge in [-0.3, -0.25) is 9.59 Å². The molecule has 1 aliphatic heterocycles. The molecule has 0 aliphatic carbocycles. The number of aryl methyl sites for hydroxylation is 1.